The lowest BCUT2D eigenvalue weighted by Crippen LogP contribution is -2.09. The topological polar surface area (TPSA) is 48.2 Å². The van der Waals surface area contributed by atoms with Gasteiger partial charge in [-0.05, 0) is 38.5 Å². The number of hydrogen-bond acceptors (Lipinski definition) is 3. The van der Waals surface area contributed by atoms with Crippen molar-refractivity contribution in [2.45, 2.75) is 26.8 Å². The normalized spacial score (nSPS) is 10.2. The molecule has 0 amide bonds. The van der Waals surface area contributed by atoms with Crippen LogP contribution in [0.25, 0.3) is 0 Å². The van der Waals surface area contributed by atoms with Crippen LogP contribution in [0.15, 0.2) is 23.3 Å². The van der Waals surface area contributed by atoms with Crippen molar-refractivity contribution < 1.29 is 0 Å². The van der Waals surface area contributed by atoms with Crippen LogP contribution in [0.4, 0.5) is 11.4 Å². The second-order valence-electron chi connectivity index (χ2n) is 3.43. The van der Waals surface area contributed by atoms with E-state index in [1.54, 1.807) is 0 Å². The summed E-state index contributed by atoms with van der Waals surface area (Å²) in [6.07, 6.45) is 0. The first kappa shape index (κ1) is 9.71. The van der Waals surface area contributed by atoms with E-state index in [0.29, 0.717) is 11.7 Å². The third-order valence-electron chi connectivity index (χ3n) is 1.72. The van der Waals surface area contributed by atoms with Gasteiger partial charge in [0.05, 0.1) is 5.69 Å². The van der Waals surface area contributed by atoms with Crippen molar-refractivity contribution in [3.63, 3.8) is 0 Å². The van der Waals surface area contributed by atoms with Gasteiger partial charge in [-0.3, -0.25) is 0 Å². The number of hydrogen-bond donors (Lipinski definition) is 2. The fourth-order valence-corrected chi connectivity index (χ4v) is 1.17. The Morgan fingerprint density at radius 1 is 1.38 bits per heavy atom. The highest BCUT2D eigenvalue weighted by Gasteiger charge is 2.02. The van der Waals surface area contributed by atoms with E-state index < -0.39 is 0 Å². The smallest absolute Gasteiger partial charge is 0.108 e. The minimum absolute atomic E-state index is 0.364. The van der Waals surface area contributed by atoms with Crippen molar-refractivity contribution in [3.05, 3.63) is 23.8 Å². The highest BCUT2D eigenvalue weighted by molar-refractivity contribution is 5.66. The number of aryl methyl sites for hydroxylation is 1. The molecule has 0 spiro atoms. The summed E-state index contributed by atoms with van der Waals surface area (Å²) in [6, 6.07) is 6.24. The lowest BCUT2D eigenvalue weighted by Gasteiger charge is -2.11. The van der Waals surface area contributed by atoms with Gasteiger partial charge in [0, 0.05) is 6.04 Å². The predicted molar refractivity (Wildman–Crippen MR) is 54.7 cm³/mol. The van der Waals surface area contributed by atoms with Gasteiger partial charge in [0.25, 0.3) is 0 Å². The third-order valence-corrected chi connectivity index (χ3v) is 1.72. The van der Waals surface area contributed by atoms with E-state index >= 15 is 0 Å². The van der Waals surface area contributed by atoms with E-state index in [1.807, 2.05) is 25.1 Å². The van der Waals surface area contributed by atoms with Crippen molar-refractivity contribution in [1.82, 2.24) is 0 Å². The molecule has 0 aliphatic rings. The molecule has 0 fully saturated rings. The van der Waals surface area contributed by atoms with Crippen LogP contribution in [0.1, 0.15) is 19.4 Å². The Morgan fingerprint density at radius 3 is 2.62 bits per heavy atom. The lowest BCUT2D eigenvalue weighted by molar-refractivity contribution is 0.898. The fourth-order valence-electron chi connectivity index (χ4n) is 1.17. The molecule has 1 aromatic rings. The average molecular weight is 177 g/mol. The zero-order valence-corrected chi connectivity index (χ0v) is 8.26. The quantitative estimate of drug-likeness (QED) is 0.682. The molecule has 0 atom stereocenters. The Hall–Kier alpha value is -1.38. The van der Waals surface area contributed by atoms with Gasteiger partial charge >= 0.3 is 0 Å². The van der Waals surface area contributed by atoms with Crippen LogP contribution in [-0.4, -0.2) is 6.04 Å². The van der Waals surface area contributed by atoms with Crippen molar-refractivity contribution >= 4 is 11.4 Å². The van der Waals surface area contributed by atoms with Gasteiger partial charge < -0.3 is 5.32 Å². The molecule has 0 bridgehead atoms. The summed E-state index contributed by atoms with van der Waals surface area (Å²) < 4.78 is 0. The Kier molecular flexibility index (Phi) is 3.01. The van der Waals surface area contributed by atoms with Gasteiger partial charge in [-0.2, -0.15) is 5.11 Å². The molecule has 0 unspecified atom stereocenters. The molecule has 2 N–H and O–H groups in total. The van der Waals surface area contributed by atoms with Crippen LogP contribution in [0.5, 0.6) is 0 Å². The summed E-state index contributed by atoms with van der Waals surface area (Å²) in [6.45, 7) is 6.12. The minimum atomic E-state index is 0.364. The summed E-state index contributed by atoms with van der Waals surface area (Å²) in [7, 11) is 0. The second kappa shape index (κ2) is 4.03. The first-order valence-electron chi connectivity index (χ1n) is 4.38. The summed E-state index contributed by atoms with van der Waals surface area (Å²) >= 11 is 0. The van der Waals surface area contributed by atoms with Gasteiger partial charge in [-0.15, -0.1) is 0 Å². The van der Waals surface area contributed by atoms with Crippen LogP contribution in [0.3, 0.4) is 0 Å². The maximum absolute atomic E-state index is 7.01. The molecule has 3 nitrogen and oxygen atoms in total. The summed E-state index contributed by atoms with van der Waals surface area (Å²) in [5.41, 5.74) is 9.76. The van der Waals surface area contributed by atoms with E-state index in [9.17, 15) is 0 Å². The molecule has 0 saturated heterocycles. The maximum atomic E-state index is 7.01. The van der Waals surface area contributed by atoms with E-state index in [2.05, 4.69) is 24.3 Å². The van der Waals surface area contributed by atoms with Gasteiger partial charge in [0.2, 0.25) is 0 Å². The van der Waals surface area contributed by atoms with Crippen molar-refractivity contribution in [2.24, 2.45) is 5.11 Å². The Balaban J connectivity index is 2.99. The van der Waals surface area contributed by atoms with E-state index in [4.69, 9.17) is 5.53 Å². The van der Waals surface area contributed by atoms with Gasteiger partial charge in [0.15, 0.2) is 0 Å². The first-order chi connectivity index (χ1) is 6.13. The standard InChI is InChI=1S/C10H15N3/c1-7(2)12-9-5-4-8(3)6-10(9)13-11/h4-7,11-12H,1-3H3. The summed E-state index contributed by atoms with van der Waals surface area (Å²) in [5.74, 6) is 0. The number of benzene rings is 1. The molecule has 1 rings (SSSR count). The molecule has 0 aliphatic carbocycles. The largest absolute Gasteiger partial charge is 0.381 e. The molecule has 1 aromatic carbocycles. The zero-order valence-electron chi connectivity index (χ0n) is 8.26. The Bertz CT molecular complexity index is 305. The molecular formula is C10H15N3. The molecule has 3 heteroatoms. The van der Waals surface area contributed by atoms with Gasteiger partial charge in [-0.25, -0.2) is 5.53 Å². The minimum Gasteiger partial charge on any atom is -0.381 e. The van der Waals surface area contributed by atoms with Crippen LogP contribution in [0, 0.1) is 12.5 Å². The SMILES string of the molecule is Cc1ccc(NC(C)C)c(N=N)c1. The molecular weight excluding hydrogens is 162 g/mol. The van der Waals surface area contributed by atoms with Crippen LogP contribution >= 0.6 is 0 Å². The summed E-state index contributed by atoms with van der Waals surface area (Å²) in [5, 5.41) is 6.71. The second-order valence-corrected chi connectivity index (χ2v) is 3.43. The number of anilines is 1. The van der Waals surface area contributed by atoms with Crippen LogP contribution < -0.4 is 5.32 Å². The molecule has 0 aromatic heterocycles. The lowest BCUT2D eigenvalue weighted by atomic mass is 10.2. The monoisotopic (exact) mass is 177 g/mol. The highest BCUT2D eigenvalue weighted by Crippen LogP contribution is 2.26. The molecule has 0 saturated carbocycles. The van der Waals surface area contributed by atoms with Crippen molar-refractivity contribution in [3.8, 4) is 0 Å². The van der Waals surface area contributed by atoms with Crippen molar-refractivity contribution in [1.29, 1.82) is 5.53 Å². The Morgan fingerprint density at radius 2 is 2.08 bits per heavy atom. The number of nitrogens with zero attached hydrogens (tertiary/aromatic N) is 1. The fraction of sp³-hybridized carbons (Fsp3) is 0.400. The molecule has 0 heterocycles. The molecule has 0 radical (unpaired) electrons. The molecule has 70 valence electrons. The van der Waals surface area contributed by atoms with Crippen LogP contribution in [0.2, 0.25) is 0 Å². The van der Waals surface area contributed by atoms with Crippen molar-refractivity contribution in [2.75, 3.05) is 5.32 Å². The zero-order chi connectivity index (χ0) is 9.84. The van der Waals surface area contributed by atoms with Gasteiger partial charge in [0.1, 0.15) is 5.69 Å². The van der Waals surface area contributed by atoms with E-state index in [1.165, 1.54) is 0 Å². The summed E-state index contributed by atoms with van der Waals surface area (Å²) in [4.78, 5) is 0. The van der Waals surface area contributed by atoms with E-state index in [0.717, 1.165) is 11.3 Å². The third kappa shape index (κ3) is 2.54. The average Bonchev–Trinajstić information content (AvgIpc) is 2.07. The molecule has 13 heavy (non-hydrogen) atoms. The first-order valence-corrected chi connectivity index (χ1v) is 4.38. The highest BCUT2D eigenvalue weighted by atomic mass is 15.0. The van der Waals surface area contributed by atoms with Gasteiger partial charge in [-0.1, -0.05) is 6.07 Å². The maximum Gasteiger partial charge on any atom is 0.108 e. The van der Waals surface area contributed by atoms with Crippen LogP contribution in [-0.2, 0) is 0 Å². The number of nitrogens with one attached hydrogen (secondary N) is 2. The van der Waals surface area contributed by atoms with E-state index in [-0.39, 0.29) is 0 Å². The Labute approximate surface area is 78.7 Å². The predicted octanol–water partition coefficient (Wildman–Crippen LogP) is 3.48. The number of rotatable bonds is 3. The molecule has 0 aliphatic heterocycles.